The van der Waals surface area contributed by atoms with E-state index in [-0.39, 0.29) is 5.91 Å². The molecule has 0 radical (unpaired) electrons. The Morgan fingerprint density at radius 1 is 1.10 bits per heavy atom. The number of fused-ring (bicyclic) bond motifs is 1. The molecule has 0 N–H and O–H groups in total. The normalized spacial score (nSPS) is 11.6. The Balaban J connectivity index is 1.80. The van der Waals surface area contributed by atoms with Gasteiger partial charge in [0.2, 0.25) is 0 Å². The van der Waals surface area contributed by atoms with Crippen LogP contribution in [0.2, 0.25) is 0 Å². The van der Waals surface area contributed by atoms with Crippen LogP contribution in [0.5, 0.6) is 11.5 Å². The van der Waals surface area contributed by atoms with E-state index in [0.29, 0.717) is 28.4 Å². The lowest BCUT2D eigenvalue weighted by atomic mass is 10.1. The monoisotopic (exact) mass is 414 g/mol. The second-order valence-electron chi connectivity index (χ2n) is 7.04. The molecule has 1 heterocycles. The van der Waals surface area contributed by atoms with E-state index in [1.165, 1.54) is 22.5 Å². The van der Waals surface area contributed by atoms with Crippen molar-refractivity contribution in [1.29, 1.82) is 0 Å². The molecule has 1 amide bonds. The first-order valence-electron chi connectivity index (χ1n) is 9.69. The summed E-state index contributed by atoms with van der Waals surface area (Å²) in [6.45, 7) is 8.60. The van der Waals surface area contributed by atoms with Crippen LogP contribution >= 0.6 is 11.3 Å². The number of hydrogen-bond donors (Lipinski definition) is 0. The highest BCUT2D eigenvalue weighted by molar-refractivity contribution is 7.16. The average molecular weight is 415 g/mol. The molecule has 4 nitrogen and oxygen atoms in total. The summed E-state index contributed by atoms with van der Waals surface area (Å²) in [6, 6.07) is 20.9. The van der Waals surface area contributed by atoms with E-state index in [1.54, 1.807) is 12.1 Å². The van der Waals surface area contributed by atoms with Gasteiger partial charge in [0.05, 0.1) is 15.8 Å². The maximum absolute atomic E-state index is 13.1. The fraction of sp³-hybridized carbons (Fsp3) is 0.120. The lowest BCUT2D eigenvalue weighted by molar-refractivity contribution is 0.0995. The highest BCUT2D eigenvalue weighted by Gasteiger charge is 2.14. The number of aromatic nitrogens is 1. The van der Waals surface area contributed by atoms with E-state index in [9.17, 15) is 4.79 Å². The standard InChI is InChI=1S/C25H22N2O2S/c1-4-14-27-21-16-17(2)15-18(3)23(21)30-25(27)26-24(28)20-12-8-9-13-22(20)29-19-10-6-5-7-11-19/h4-13,15-16H,1,14H2,2-3H3. The van der Waals surface area contributed by atoms with Gasteiger partial charge in [-0.05, 0) is 55.3 Å². The second kappa shape index (κ2) is 8.51. The third kappa shape index (κ3) is 3.98. The summed E-state index contributed by atoms with van der Waals surface area (Å²) in [7, 11) is 0. The number of allylic oxidation sites excluding steroid dienone is 1. The Labute approximate surface area is 179 Å². The number of nitrogens with zero attached hydrogens (tertiary/aromatic N) is 2. The highest BCUT2D eigenvalue weighted by Crippen LogP contribution is 2.26. The molecule has 150 valence electrons. The summed E-state index contributed by atoms with van der Waals surface area (Å²) in [5, 5.41) is 0. The molecule has 0 aliphatic carbocycles. The molecule has 0 saturated carbocycles. The zero-order valence-electron chi connectivity index (χ0n) is 17.0. The Bertz CT molecular complexity index is 1300. The molecule has 30 heavy (non-hydrogen) atoms. The Morgan fingerprint density at radius 3 is 2.60 bits per heavy atom. The quantitative estimate of drug-likeness (QED) is 0.374. The van der Waals surface area contributed by atoms with Gasteiger partial charge in [0, 0.05) is 6.54 Å². The summed E-state index contributed by atoms with van der Waals surface area (Å²) >= 11 is 1.52. The molecule has 0 spiro atoms. The summed E-state index contributed by atoms with van der Waals surface area (Å²) < 4.78 is 9.10. The molecule has 5 heteroatoms. The van der Waals surface area contributed by atoms with Crippen LogP contribution < -0.4 is 9.54 Å². The Hall–Kier alpha value is -3.44. The number of thiazole rings is 1. The first kappa shape index (κ1) is 19.9. The van der Waals surface area contributed by atoms with E-state index < -0.39 is 0 Å². The van der Waals surface area contributed by atoms with Gasteiger partial charge in [-0.15, -0.1) is 6.58 Å². The zero-order valence-corrected chi connectivity index (χ0v) is 17.8. The minimum Gasteiger partial charge on any atom is -0.457 e. The van der Waals surface area contributed by atoms with Crippen LogP contribution in [0.3, 0.4) is 0 Å². The van der Waals surface area contributed by atoms with Gasteiger partial charge < -0.3 is 9.30 Å². The van der Waals surface area contributed by atoms with Crippen LogP contribution in [-0.4, -0.2) is 10.5 Å². The largest absolute Gasteiger partial charge is 0.457 e. The van der Waals surface area contributed by atoms with E-state index in [0.717, 1.165) is 10.2 Å². The molecular formula is C25H22N2O2S. The fourth-order valence-electron chi connectivity index (χ4n) is 3.40. The molecule has 0 bridgehead atoms. The predicted molar refractivity (Wildman–Crippen MR) is 122 cm³/mol. The minimum absolute atomic E-state index is 0.333. The molecule has 0 saturated heterocycles. The summed E-state index contributed by atoms with van der Waals surface area (Å²) in [5.41, 5.74) is 3.85. The zero-order chi connectivity index (χ0) is 21.1. The first-order chi connectivity index (χ1) is 14.6. The summed E-state index contributed by atoms with van der Waals surface area (Å²) in [5.74, 6) is 0.827. The van der Waals surface area contributed by atoms with Crippen molar-refractivity contribution in [3.63, 3.8) is 0 Å². The Kier molecular flexibility index (Phi) is 5.63. The maximum Gasteiger partial charge on any atom is 0.283 e. The van der Waals surface area contributed by atoms with Gasteiger partial charge in [-0.3, -0.25) is 4.79 Å². The molecule has 0 atom stereocenters. The van der Waals surface area contributed by atoms with Gasteiger partial charge in [-0.1, -0.05) is 53.8 Å². The number of hydrogen-bond acceptors (Lipinski definition) is 3. The molecule has 0 aliphatic rings. The number of amides is 1. The third-order valence-corrected chi connectivity index (χ3v) is 5.94. The topological polar surface area (TPSA) is 43.6 Å². The van der Waals surface area contributed by atoms with Gasteiger partial charge in [0.1, 0.15) is 11.5 Å². The van der Waals surface area contributed by atoms with Crippen LogP contribution in [0, 0.1) is 13.8 Å². The van der Waals surface area contributed by atoms with Crippen LogP contribution in [0.4, 0.5) is 0 Å². The molecule has 1 aromatic heterocycles. The van der Waals surface area contributed by atoms with Gasteiger partial charge in [0.25, 0.3) is 5.91 Å². The fourth-order valence-corrected chi connectivity index (χ4v) is 4.49. The summed E-state index contributed by atoms with van der Waals surface area (Å²) in [6.07, 6.45) is 1.82. The van der Waals surface area contributed by atoms with E-state index >= 15 is 0 Å². The van der Waals surface area contributed by atoms with Crippen molar-refractivity contribution in [2.45, 2.75) is 20.4 Å². The van der Waals surface area contributed by atoms with Crippen LogP contribution in [0.25, 0.3) is 10.2 Å². The molecule has 4 aromatic rings. The molecule has 0 aliphatic heterocycles. The average Bonchev–Trinajstić information content (AvgIpc) is 3.07. The number of aryl methyl sites for hydroxylation is 2. The lowest BCUT2D eigenvalue weighted by Gasteiger charge is -2.08. The maximum atomic E-state index is 13.1. The lowest BCUT2D eigenvalue weighted by Crippen LogP contribution is -2.16. The first-order valence-corrected chi connectivity index (χ1v) is 10.5. The van der Waals surface area contributed by atoms with E-state index in [1.807, 2.05) is 53.1 Å². The van der Waals surface area contributed by atoms with Gasteiger partial charge >= 0.3 is 0 Å². The van der Waals surface area contributed by atoms with Crippen molar-refractivity contribution < 1.29 is 9.53 Å². The molecule has 0 fully saturated rings. The van der Waals surface area contributed by atoms with Crippen LogP contribution in [-0.2, 0) is 6.54 Å². The number of carbonyl (C=O) groups is 1. The van der Waals surface area contributed by atoms with Gasteiger partial charge in [-0.2, -0.15) is 4.99 Å². The third-order valence-electron chi connectivity index (χ3n) is 4.71. The molecule has 3 aromatic carbocycles. The number of carbonyl (C=O) groups excluding carboxylic acids is 1. The highest BCUT2D eigenvalue weighted by atomic mass is 32.1. The van der Waals surface area contributed by atoms with Crippen molar-refractivity contribution >= 4 is 27.5 Å². The number of ether oxygens (including phenoxy) is 1. The Morgan fingerprint density at radius 2 is 1.83 bits per heavy atom. The van der Waals surface area contributed by atoms with Gasteiger partial charge in [-0.25, -0.2) is 0 Å². The van der Waals surface area contributed by atoms with Crippen molar-refractivity contribution in [2.75, 3.05) is 0 Å². The minimum atomic E-state index is -0.333. The van der Waals surface area contributed by atoms with E-state index in [4.69, 9.17) is 4.74 Å². The smallest absolute Gasteiger partial charge is 0.283 e. The predicted octanol–water partition coefficient (Wildman–Crippen LogP) is 6.04. The molecular weight excluding hydrogens is 392 g/mol. The molecule has 4 rings (SSSR count). The number of rotatable bonds is 5. The van der Waals surface area contributed by atoms with Crippen molar-refractivity contribution in [2.24, 2.45) is 4.99 Å². The van der Waals surface area contributed by atoms with Gasteiger partial charge in [0.15, 0.2) is 4.80 Å². The number of para-hydroxylation sites is 2. The van der Waals surface area contributed by atoms with Crippen LogP contribution in [0.1, 0.15) is 21.5 Å². The number of benzene rings is 3. The van der Waals surface area contributed by atoms with Crippen molar-refractivity contribution in [3.05, 3.63) is 101 Å². The SMILES string of the molecule is C=CCn1c(=NC(=O)c2ccccc2Oc2ccccc2)sc2c(C)cc(C)cc21. The van der Waals surface area contributed by atoms with Crippen LogP contribution in [0.15, 0.2) is 84.4 Å². The van der Waals surface area contributed by atoms with E-state index in [2.05, 4.69) is 37.6 Å². The summed E-state index contributed by atoms with van der Waals surface area (Å²) in [4.78, 5) is 18.3. The molecule has 0 unspecified atom stereocenters. The van der Waals surface area contributed by atoms with Crippen molar-refractivity contribution in [3.8, 4) is 11.5 Å². The van der Waals surface area contributed by atoms with Crippen molar-refractivity contribution in [1.82, 2.24) is 4.57 Å². The second-order valence-corrected chi connectivity index (χ2v) is 8.02.